The highest BCUT2D eigenvalue weighted by Gasteiger charge is 2.01. The lowest BCUT2D eigenvalue weighted by atomic mass is 10.1. The summed E-state index contributed by atoms with van der Waals surface area (Å²) in [6, 6.07) is 3.88. The summed E-state index contributed by atoms with van der Waals surface area (Å²) in [5.41, 5.74) is 2.66. The van der Waals surface area contributed by atoms with E-state index in [1.54, 1.807) is 6.20 Å². The molecule has 0 aromatic carbocycles. The van der Waals surface area contributed by atoms with Crippen LogP contribution in [0.25, 0.3) is 17.1 Å². The van der Waals surface area contributed by atoms with Crippen molar-refractivity contribution in [2.45, 2.75) is 13.3 Å². The molecule has 2 heterocycles. The lowest BCUT2D eigenvalue weighted by Gasteiger charge is -1.93. The number of fused-ring (bicyclic) bond motifs is 1. The van der Waals surface area contributed by atoms with Crippen LogP contribution in [-0.4, -0.2) is 16.3 Å². The average molecular weight is 200 g/mol. The van der Waals surface area contributed by atoms with Crippen molar-refractivity contribution in [1.82, 2.24) is 9.97 Å². The SMILES string of the molecule is CC/C(C=O)=C/c1c[nH]c2ncccc12. The van der Waals surface area contributed by atoms with Crippen LogP contribution in [0.1, 0.15) is 18.9 Å². The number of aromatic amines is 1. The Morgan fingerprint density at radius 3 is 3.20 bits per heavy atom. The standard InChI is InChI=1S/C12H12N2O/c1-2-9(8-15)6-10-7-14-12-11(10)4-3-5-13-12/h3-8H,2H2,1H3,(H,13,14)/b9-6-. The molecule has 0 amide bonds. The topological polar surface area (TPSA) is 45.8 Å². The van der Waals surface area contributed by atoms with E-state index in [1.165, 1.54) is 0 Å². The molecule has 0 saturated carbocycles. The number of hydrogen-bond acceptors (Lipinski definition) is 2. The Kier molecular flexibility index (Phi) is 2.63. The fourth-order valence-electron chi connectivity index (χ4n) is 1.52. The molecule has 3 nitrogen and oxygen atoms in total. The van der Waals surface area contributed by atoms with Crippen LogP contribution in [0, 0.1) is 0 Å². The second kappa shape index (κ2) is 4.09. The largest absolute Gasteiger partial charge is 0.346 e. The minimum atomic E-state index is 0.746. The van der Waals surface area contributed by atoms with Gasteiger partial charge in [0.15, 0.2) is 0 Å². The number of rotatable bonds is 3. The van der Waals surface area contributed by atoms with Crippen molar-refractivity contribution >= 4 is 23.4 Å². The van der Waals surface area contributed by atoms with Gasteiger partial charge in [-0.05, 0) is 30.2 Å². The molecule has 2 aromatic rings. The zero-order valence-corrected chi connectivity index (χ0v) is 8.53. The van der Waals surface area contributed by atoms with E-state index in [0.717, 1.165) is 34.9 Å². The lowest BCUT2D eigenvalue weighted by molar-refractivity contribution is -0.104. The lowest BCUT2D eigenvalue weighted by Crippen LogP contribution is -1.81. The van der Waals surface area contributed by atoms with Gasteiger partial charge in [-0.2, -0.15) is 0 Å². The molecule has 3 heteroatoms. The van der Waals surface area contributed by atoms with E-state index in [-0.39, 0.29) is 0 Å². The molecular weight excluding hydrogens is 188 g/mol. The van der Waals surface area contributed by atoms with Crippen molar-refractivity contribution < 1.29 is 4.79 Å². The number of carbonyl (C=O) groups is 1. The van der Waals surface area contributed by atoms with Crippen molar-refractivity contribution in [1.29, 1.82) is 0 Å². The summed E-state index contributed by atoms with van der Waals surface area (Å²) in [5.74, 6) is 0. The molecule has 0 fully saturated rings. The van der Waals surface area contributed by atoms with Crippen molar-refractivity contribution in [3.8, 4) is 0 Å². The zero-order valence-electron chi connectivity index (χ0n) is 8.53. The highest BCUT2D eigenvalue weighted by molar-refractivity contribution is 5.91. The molecule has 0 atom stereocenters. The molecule has 2 rings (SSSR count). The summed E-state index contributed by atoms with van der Waals surface area (Å²) in [6.45, 7) is 1.97. The van der Waals surface area contributed by atoms with E-state index in [1.807, 2.05) is 31.3 Å². The Hall–Kier alpha value is -1.90. The second-order valence-corrected chi connectivity index (χ2v) is 3.33. The highest BCUT2D eigenvalue weighted by atomic mass is 16.1. The van der Waals surface area contributed by atoms with Gasteiger partial charge >= 0.3 is 0 Å². The van der Waals surface area contributed by atoms with Crippen molar-refractivity contribution in [3.05, 3.63) is 35.7 Å². The second-order valence-electron chi connectivity index (χ2n) is 3.33. The van der Waals surface area contributed by atoms with E-state index < -0.39 is 0 Å². The summed E-state index contributed by atoms with van der Waals surface area (Å²) < 4.78 is 0. The Bertz CT molecular complexity index is 511. The molecule has 2 aromatic heterocycles. The molecule has 0 aliphatic carbocycles. The molecule has 0 bridgehead atoms. The Morgan fingerprint density at radius 2 is 2.47 bits per heavy atom. The number of allylic oxidation sites excluding steroid dienone is 1. The fourth-order valence-corrected chi connectivity index (χ4v) is 1.52. The van der Waals surface area contributed by atoms with Gasteiger partial charge in [-0.3, -0.25) is 4.79 Å². The molecule has 1 N–H and O–H groups in total. The van der Waals surface area contributed by atoms with Crippen LogP contribution < -0.4 is 0 Å². The molecule has 0 unspecified atom stereocenters. The van der Waals surface area contributed by atoms with Crippen LogP contribution in [-0.2, 0) is 4.79 Å². The minimum Gasteiger partial charge on any atom is -0.346 e. The fraction of sp³-hybridized carbons (Fsp3) is 0.167. The molecular formula is C12H12N2O. The maximum absolute atomic E-state index is 10.7. The van der Waals surface area contributed by atoms with Gasteiger partial charge in [-0.25, -0.2) is 4.98 Å². The van der Waals surface area contributed by atoms with Crippen LogP contribution in [0.2, 0.25) is 0 Å². The van der Waals surface area contributed by atoms with Crippen molar-refractivity contribution in [2.24, 2.45) is 0 Å². The minimum absolute atomic E-state index is 0.746. The molecule has 76 valence electrons. The third-order valence-corrected chi connectivity index (χ3v) is 2.38. The quantitative estimate of drug-likeness (QED) is 0.611. The van der Waals surface area contributed by atoms with Gasteiger partial charge in [0.1, 0.15) is 11.9 Å². The number of H-pyrrole nitrogens is 1. The Labute approximate surface area is 87.8 Å². The van der Waals surface area contributed by atoms with E-state index in [0.29, 0.717) is 0 Å². The summed E-state index contributed by atoms with van der Waals surface area (Å²) in [7, 11) is 0. The molecule has 15 heavy (non-hydrogen) atoms. The van der Waals surface area contributed by atoms with Gasteiger partial charge in [0.25, 0.3) is 0 Å². The number of pyridine rings is 1. The normalized spacial score (nSPS) is 11.9. The zero-order chi connectivity index (χ0) is 10.7. The molecule has 0 aliphatic heterocycles. The highest BCUT2D eigenvalue weighted by Crippen LogP contribution is 2.18. The number of carbonyl (C=O) groups excluding carboxylic acids is 1. The van der Waals surface area contributed by atoms with Gasteiger partial charge in [-0.1, -0.05) is 6.92 Å². The number of aldehydes is 1. The van der Waals surface area contributed by atoms with Crippen LogP contribution in [0.15, 0.2) is 30.1 Å². The van der Waals surface area contributed by atoms with Gasteiger partial charge in [0, 0.05) is 23.3 Å². The van der Waals surface area contributed by atoms with Crippen molar-refractivity contribution in [2.75, 3.05) is 0 Å². The maximum Gasteiger partial charge on any atom is 0.146 e. The van der Waals surface area contributed by atoms with E-state index in [4.69, 9.17) is 0 Å². The average Bonchev–Trinajstić information content (AvgIpc) is 2.69. The Balaban J connectivity index is 2.53. The summed E-state index contributed by atoms with van der Waals surface area (Å²) in [6.07, 6.45) is 7.16. The Morgan fingerprint density at radius 1 is 1.60 bits per heavy atom. The van der Waals surface area contributed by atoms with Gasteiger partial charge in [0.2, 0.25) is 0 Å². The van der Waals surface area contributed by atoms with Crippen LogP contribution in [0.5, 0.6) is 0 Å². The summed E-state index contributed by atoms with van der Waals surface area (Å²) in [4.78, 5) is 18.0. The first kappa shape index (κ1) is 9.65. The molecule has 0 radical (unpaired) electrons. The molecule has 0 aliphatic rings. The predicted octanol–water partition coefficient (Wildman–Crippen LogP) is 2.56. The van der Waals surface area contributed by atoms with Crippen LogP contribution in [0.4, 0.5) is 0 Å². The monoisotopic (exact) mass is 200 g/mol. The third-order valence-electron chi connectivity index (χ3n) is 2.38. The van der Waals surface area contributed by atoms with Crippen LogP contribution in [0.3, 0.4) is 0 Å². The van der Waals surface area contributed by atoms with Gasteiger partial charge in [-0.15, -0.1) is 0 Å². The van der Waals surface area contributed by atoms with E-state index in [9.17, 15) is 4.79 Å². The van der Waals surface area contributed by atoms with E-state index in [2.05, 4.69) is 9.97 Å². The number of nitrogens with zero attached hydrogens (tertiary/aromatic N) is 1. The van der Waals surface area contributed by atoms with E-state index >= 15 is 0 Å². The molecule has 0 saturated heterocycles. The third kappa shape index (κ3) is 1.81. The number of nitrogens with one attached hydrogen (secondary N) is 1. The molecule has 0 spiro atoms. The summed E-state index contributed by atoms with van der Waals surface area (Å²) in [5, 5.41) is 1.05. The first-order valence-electron chi connectivity index (χ1n) is 4.93. The predicted molar refractivity (Wildman–Crippen MR) is 60.4 cm³/mol. The number of hydrogen-bond donors (Lipinski definition) is 1. The van der Waals surface area contributed by atoms with Gasteiger partial charge in [0.05, 0.1) is 0 Å². The first-order valence-corrected chi connectivity index (χ1v) is 4.93. The summed E-state index contributed by atoms with van der Waals surface area (Å²) >= 11 is 0. The van der Waals surface area contributed by atoms with Gasteiger partial charge < -0.3 is 4.98 Å². The van der Waals surface area contributed by atoms with Crippen molar-refractivity contribution in [3.63, 3.8) is 0 Å². The first-order chi connectivity index (χ1) is 7.35. The maximum atomic E-state index is 10.7. The van der Waals surface area contributed by atoms with Crippen LogP contribution >= 0.6 is 0 Å². The number of aromatic nitrogens is 2. The smallest absolute Gasteiger partial charge is 0.146 e.